The van der Waals surface area contributed by atoms with E-state index in [0.29, 0.717) is 0 Å². The minimum atomic E-state index is 0.0115. The lowest BCUT2D eigenvalue weighted by Gasteiger charge is -2.12. The molecule has 1 aromatic carbocycles. The molecule has 1 aromatic rings. The average molecular weight is 265 g/mol. The van der Waals surface area contributed by atoms with E-state index >= 15 is 0 Å². The van der Waals surface area contributed by atoms with Crippen LogP contribution in [0, 0.1) is 13.8 Å². The van der Waals surface area contributed by atoms with E-state index in [1.807, 2.05) is 6.92 Å². The van der Waals surface area contributed by atoms with E-state index < -0.39 is 0 Å². The molecular formula is C15H23NOS. The van der Waals surface area contributed by atoms with E-state index in [1.54, 1.807) is 11.8 Å². The molecule has 3 heteroatoms. The molecule has 0 saturated heterocycles. The largest absolute Gasteiger partial charge is 0.355 e. The zero-order valence-electron chi connectivity index (χ0n) is 11.7. The second kappa shape index (κ2) is 7.47. The number of amides is 1. The Morgan fingerprint density at radius 2 is 1.89 bits per heavy atom. The maximum Gasteiger partial charge on any atom is 0.232 e. The molecule has 0 aliphatic rings. The van der Waals surface area contributed by atoms with Gasteiger partial charge >= 0.3 is 0 Å². The Balaban J connectivity index is 2.46. The third-order valence-electron chi connectivity index (χ3n) is 2.70. The summed E-state index contributed by atoms with van der Waals surface area (Å²) in [4.78, 5) is 11.7. The summed E-state index contributed by atoms with van der Waals surface area (Å²) in [5, 5.41) is 2.94. The molecule has 0 bridgehead atoms. The van der Waals surface area contributed by atoms with Gasteiger partial charge in [-0.3, -0.25) is 4.79 Å². The molecule has 1 atom stereocenters. The average Bonchev–Trinajstić information content (AvgIpc) is 2.31. The summed E-state index contributed by atoms with van der Waals surface area (Å²) in [6.45, 7) is 9.02. The van der Waals surface area contributed by atoms with Crippen molar-refractivity contribution in [3.05, 3.63) is 34.9 Å². The zero-order valence-corrected chi connectivity index (χ0v) is 12.6. The summed E-state index contributed by atoms with van der Waals surface area (Å²) < 4.78 is 0. The number of aryl methyl sites for hydroxylation is 2. The van der Waals surface area contributed by atoms with Crippen LogP contribution in [0.4, 0.5) is 0 Å². The van der Waals surface area contributed by atoms with Crippen molar-refractivity contribution >= 4 is 17.7 Å². The Morgan fingerprint density at radius 3 is 2.44 bits per heavy atom. The maximum absolute atomic E-state index is 11.7. The van der Waals surface area contributed by atoms with Crippen LogP contribution in [0.25, 0.3) is 0 Å². The lowest BCUT2D eigenvalue weighted by Crippen LogP contribution is -2.31. The van der Waals surface area contributed by atoms with Crippen molar-refractivity contribution in [2.45, 2.75) is 45.1 Å². The molecule has 18 heavy (non-hydrogen) atoms. The molecule has 0 fully saturated rings. The van der Waals surface area contributed by atoms with Gasteiger partial charge in [0.2, 0.25) is 5.91 Å². The highest BCUT2D eigenvalue weighted by molar-refractivity contribution is 7.99. The van der Waals surface area contributed by atoms with Gasteiger partial charge in [0.1, 0.15) is 0 Å². The monoisotopic (exact) mass is 265 g/mol. The lowest BCUT2D eigenvalue weighted by molar-refractivity contribution is -0.120. The van der Waals surface area contributed by atoms with Gasteiger partial charge in [0.05, 0.1) is 5.25 Å². The molecule has 1 N–H and O–H groups in total. The summed E-state index contributed by atoms with van der Waals surface area (Å²) in [5.41, 5.74) is 3.87. The minimum absolute atomic E-state index is 0.0115. The Kier molecular flexibility index (Phi) is 6.27. The maximum atomic E-state index is 11.7. The summed E-state index contributed by atoms with van der Waals surface area (Å²) in [7, 11) is 0. The van der Waals surface area contributed by atoms with Crippen LogP contribution in [0.2, 0.25) is 0 Å². The van der Waals surface area contributed by atoms with Crippen LogP contribution in [-0.4, -0.2) is 17.7 Å². The Morgan fingerprint density at radius 1 is 1.28 bits per heavy atom. The van der Waals surface area contributed by atoms with Gasteiger partial charge in [-0.25, -0.2) is 0 Å². The third kappa shape index (κ3) is 5.13. The van der Waals surface area contributed by atoms with Gasteiger partial charge in [-0.2, -0.15) is 0 Å². The molecule has 0 aromatic heterocycles. The smallest absolute Gasteiger partial charge is 0.232 e. The van der Waals surface area contributed by atoms with Crippen LogP contribution in [-0.2, 0) is 10.5 Å². The van der Waals surface area contributed by atoms with E-state index in [2.05, 4.69) is 44.3 Å². The number of carbonyl (C=O) groups is 1. The highest BCUT2D eigenvalue weighted by Gasteiger charge is 2.12. The minimum Gasteiger partial charge on any atom is -0.355 e. The van der Waals surface area contributed by atoms with Gasteiger partial charge in [0.15, 0.2) is 0 Å². The Bertz CT molecular complexity index is 383. The molecule has 0 aliphatic carbocycles. The number of thioether (sulfide) groups is 1. The number of hydrogen-bond acceptors (Lipinski definition) is 2. The fourth-order valence-corrected chi connectivity index (χ4v) is 2.68. The first-order valence-electron chi connectivity index (χ1n) is 6.49. The number of hydrogen-bond donors (Lipinski definition) is 1. The van der Waals surface area contributed by atoms with Crippen LogP contribution < -0.4 is 5.32 Å². The van der Waals surface area contributed by atoms with Crippen molar-refractivity contribution in [1.82, 2.24) is 5.32 Å². The first kappa shape index (κ1) is 15.1. The van der Waals surface area contributed by atoms with Crippen LogP contribution >= 0.6 is 11.8 Å². The van der Waals surface area contributed by atoms with Gasteiger partial charge < -0.3 is 5.32 Å². The fourth-order valence-electron chi connectivity index (χ4n) is 1.84. The Labute approximate surface area is 115 Å². The summed E-state index contributed by atoms with van der Waals surface area (Å²) >= 11 is 1.69. The molecule has 1 unspecified atom stereocenters. The second-order valence-corrected chi connectivity index (χ2v) is 6.07. The van der Waals surface area contributed by atoms with Gasteiger partial charge in [-0.05, 0) is 32.8 Å². The number of carbonyl (C=O) groups excluding carboxylic acids is 1. The number of nitrogens with one attached hydrogen (secondary N) is 1. The van der Waals surface area contributed by atoms with E-state index in [1.165, 1.54) is 16.7 Å². The molecule has 0 saturated carbocycles. The molecule has 1 amide bonds. The van der Waals surface area contributed by atoms with Crippen LogP contribution in [0.5, 0.6) is 0 Å². The van der Waals surface area contributed by atoms with E-state index in [-0.39, 0.29) is 11.2 Å². The molecule has 2 nitrogen and oxygen atoms in total. The van der Waals surface area contributed by atoms with Crippen molar-refractivity contribution in [2.24, 2.45) is 0 Å². The zero-order chi connectivity index (χ0) is 13.5. The highest BCUT2D eigenvalue weighted by atomic mass is 32.2. The van der Waals surface area contributed by atoms with E-state index in [0.717, 1.165) is 18.7 Å². The molecular weight excluding hydrogens is 242 g/mol. The van der Waals surface area contributed by atoms with Crippen LogP contribution in [0.3, 0.4) is 0 Å². The molecule has 100 valence electrons. The van der Waals surface area contributed by atoms with Crippen molar-refractivity contribution in [3.8, 4) is 0 Å². The topological polar surface area (TPSA) is 29.1 Å². The van der Waals surface area contributed by atoms with E-state index in [9.17, 15) is 4.79 Å². The van der Waals surface area contributed by atoms with Crippen molar-refractivity contribution in [2.75, 3.05) is 6.54 Å². The highest BCUT2D eigenvalue weighted by Crippen LogP contribution is 2.19. The van der Waals surface area contributed by atoms with Crippen molar-refractivity contribution < 1.29 is 4.79 Å². The van der Waals surface area contributed by atoms with Gasteiger partial charge in [0, 0.05) is 12.3 Å². The fraction of sp³-hybridized carbons (Fsp3) is 0.533. The van der Waals surface area contributed by atoms with Crippen molar-refractivity contribution in [3.63, 3.8) is 0 Å². The molecule has 0 spiro atoms. The number of benzene rings is 1. The SMILES string of the molecule is CCCNC(=O)C(C)SCc1cc(C)cc(C)c1. The molecule has 0 radical (unpaired) electrons. The van der Waals surface area contributed by atoms with Gasteiger partial charge in [-0.1, -0.05) is 36.2 Å². The van der Waals surface area contributed by atoms with Crippen LogP contribution in [0.15, 0.2) is 18.2 Å². The summed E-state index contributed by atoms with van der Waals surface area (Å²) in [5.74, 6) is 1.04. The first-order valence-corrected chi connectivity index (χ1v) is 7.54. The van der Waals surface area contributed by atoms with E-state index in [4.69, 9.17) is 0 Å². The standard InChI is InChI=1S/C15H23NOS/c1-5-6-16-15(17)13(4)18-10-14-8-11(2)7-12(3)9-14/h7-9,13H,5-6,10H2,1-4H3,(H,16,17). The third-order valence-corrected chi connectivity index (χ3v) is 3.91. The first-order chi connectivity index (χ1) is 8.52. The molecule has 0 aliphatic heterocycles. The van der Waals surface area contributed by atoms with Gasteiger partial charge in [0.25, 0.3) is 0 Å². The number of rotatable bonds is 6. The summed E-state index contributed by atoms with van der Waals surface area (Å²) in [6.07, 6.45) is 0.986. The second-order valence-electron chi connectivity index (χ2n) is 4.74. The molecule has 0 heterocycles. The summed E-state index contributed by atoms with van der Waals surface area (Å²) in [6, 6.07) is 6.55. The predicted octanol–water partition coefficient (Wildman–Crippen LogP) is 3.45. The normalized spacial score (nSPS) is 12.2. The Hall–Kier alpha value is -0.960. The predicted molar refractivity (Wildman–Crippen MR) is 80.0 cm³/mol. The van der Waals surface area contributed by atoms with Crippen molar-refractivity contribution in [1.29, 1.82) is 0 Å². The van der Waals surface area contributed by atoms with Crippen LogP contribution in [0.1, 0.15) is 37.0 Å². The quantitative estimate of drug-likeness (QED) is 0.853. The molecule has 1 rings (SSSR count). The van der Waals surface area contributed by atoms with Gasteiger partial charge in [-0.15, -0.1) is 11.8 Å². The lowest BCUT2D eigenvalue weighted by atomic mass is 10.1.